The van der Waals surface area contributed by atoms with E-state index in [4.69, 9.17) is 4.74 Å². The molecule has 2 aromatic rings. The summed E-state index contributed by atoms with van der Waals surface area (Å²) in [7, 11) is 1.52. The first-order valence-electron chi connectivity index (χ1n) is 7.74. The number of thiophene rings is 1. The SMILES string of the molecule is CCN(CC)C(CNC(=O)c1cccnc1OC)c1ccsc1. The molecular formula is C17H23N3O2S. The van der Waals surface area contributed by atoms with Crippen LogP contribution in [0.3, 0.4) is 0 Å². The average Bonchev–Trinajstić information content (AvgIpc) is 3.12. The zero-order valence-electron chi connectivity index (χ0n) is 13.8. The van der Waals surface area contributed by atoms with Gasteiger partial charge < -0.3 is 10.1 Å². The molecule has 0 bridgehead atoms. The molecule has 23 heavy (non-hydrogen) atoms. The Morgan fingerprint density at radius 1 is 1.39 bits per heavy atom. The van der Waals surface area contributed by atoms with Crippen molar-refractivity contribution in [3.05, 3.63) is 46.3 Å². The van der Waals surface area contributed by atoms with Gasteiger partial charge in [-0.15, -0.1) is 0 Å². The Balaban J connectivity index is 2.10. The second-order valence-electron chi connectivity index (χ2n) is 5.06. The van der Waals surface area contributed by atoms with E-state index in [0.29, 0.717) is 18.0 Å². The summed E-state index contributed by atoms with van der Waals surface area (Å²) in [5.41, 5.74) is 1.69. The molecule has 0 aliphatic heterocycles. The van der Waals surface area contributed by atoms with Crippen molar-refractivity contribution in [2.45, 2.75) is 19.9 Å². The molecule has 0 aliphatic rings. The predicted octanol–water partition coefficient (Wildman–Crippen LogP) is 2.96. The maximum atomic E-state index is 12.5. The van der Waals surface area contributed by atoms with E-state index in [1.807, 2.05) is 0 Å². The lowest BCUT2D eigenvalue weighted by molar-refractivity contribution is 0.0931. The van der Waals surface area contributed by atoms with E-state index in [9.17, 15) is 4.79 Å². The number of nitrogens with one attached hydrogen (secondary N) is 1. The van der Waals surface area contributed by atoms with Crippen LogP contribution in [0.15, 0.2) is 35.2 Å². The van der Waals surface area contributed by atoms with E-state index in [0.717, 1.165) is 13.1 Å². The predicted molar refractivity (Wildman–Crippen MR) is 93.1 cm³/mol. The van der Waals surface area contributed by atoms with Crippen molar-refractivity contribution in [3.8, 4) is 5.88 Å². The van der Waals surface area contributed by atoms with Gasteiger partial charge in [0.15, 0.2) is 0 Å². The van der Waals surface area contributed by atoms with Crippen LogP contribution in [0, 0.1) is 0 Å². The summed E-state index contributed by atoms with van der Waals surface area (Å²) in [5.74, 6) is 0.183. The summed E-state index contributed by atoms with van der Waals surface area (Å²) in [4.78, 5) is 18.9. The minimum absolute atomic E-state index is 0.165. The zero-order valence-corrected chi connectivity index (χ0v) is 14.6. The monoisotopic (exact) mass is 333 g/mol. The number of carbonyl (C=O) groups excluding carboxylic acids is 1. The van der Waals surface area contributed by atoms with Gasteiger partial charge in [-0.05, 0) is 47.6 Å². The first-order valence-corrected chi connectivity index (χ1v) is 8.68. The molecule has 5 nitrogen and oxygen atoms in total. The molecule has 6 heteroatoms. The molecule has 1 unspecified atom stereocenters. The van der Waals surface area contributed by atoms with Crippen LogP contribution in [0.4, 0.5) is 0 Å². The normalized spacial score (nSPS) is 12.2. The average molecular weight is 333 g/mol. The Bertz CT molecular complexity index is 612. The Kier molecular flexibility index (Phi) is 6.55. The van der Waals surface area contributed by atoms with Crippen LogP contribution < -0.4 is 10.1 Å². The molecule has 124 valence electrons. The summed E-state index contributed by atoms with van der Waals surface area (Å²) in [5, 5.41) is 7.22. The van der Waals surface area contributed by atoms with Crippen molar-refractivity contribution in [1.82, 2.24) is 15.2 Å². The molecule has 0 aromatic carbocycles. The highest BCUT2D eigenvalue weighted by atomic mass is 32.1. The molecule has 0 aliphatic carbocycles. The topological polar surface area (TPSA) is 54.5 Å². The maximum Gasteiger partial charge on any atom is 0.256 e. The summed E-state index contributed by atoms with van der Waals surface area (Å²) in [6.45, 7) is 6.69. The second kappa shape index (κ2) is 8.64. The van der Waals surface area contributed by atoms with Gasteiger partial charge in [0.2, 0.25) is 5.88 Å². The number of amides is 1. The van der Waals surface area contributed by atoms with E-state index in [2.05, 4.69) is 45.9 Å². The summed E-state index contributed by atoms with van der Waals surface area (Å²) >= 11 is 1.67. The van der Waals surface area contributed by atoms with Gasteiger partial charge in [-0.25, -0.2) is 4.98 Å². The summed E-state index contributed by atoms with van der Waals surface area (Å²) < 4.78 is 5.15. The lowest BCUT2D eigenvalue weighted by Gasteiger charge is -2.29. The van der Waals surface area contributed by atoms with Gasteiger partial charge >= 0.3 is 0 Å². The molecule has 1 amide bonds. The first-order chi connectivity index (χ1) is 11.2. The molecule has 2 rings (SSSR count). The Hall–Kier alpha value is -1.92. The number of nitrogens with zero attached hydrogens (tertiary/aromatic N) is 2. The molecule has 1 atom stereocenters. The molecule has 0 saturated heterocycles. The molecule has 1 N–H and O–H groups in total. The summed E-state index contributed by atoms with van der Waals surface area (Å²) in [6, 6.07) is 5.74. The van der Waals surface area contributed by atoms with Crippen LogP contribution in [0.25, 0.3) is 0 Å². The van der Waals surface area contributed by atoms with Crippen molar-refractivity contribution >= 4 is 17.2 Å². The fourth-order valence-corrected chi connectivity index (χ4v) is 3.30. The van der Waals surface area contributed by atoms with Crippen molar-refractivity contribution in [3.63, 3.8) is 0 Å². The highest BCUT2D eigenvalue weighted by molar-refractivity contribution is 7.07. The van der Waals surface area contributed by atoms with Gasteiger partial charge in [-0.2, -0.15) is 11.3 Å². The van der Waals surface area contributed by atoms with Crippen LogP contribution >= 0.6 is 11.3 Å². The molecule has 2 aromatic heterocycles. The number of hydrogen-bond acceptors (Lipinski definition) is 5. The number of pyridine rings is 1. The Morgan fingerprint density at radius 3 is 2.78 bits per heavy atom. The molecular weight excluding hydrogens is 310 g/mol. The lowest BCUT2D eigenvalue weighted by Crippen LogP contribution is -2.38. The van der Waals surface area contributed by atoms with Crippen molar-refractivity contribution < 1.29 is 9.53 Å². The van der Waals surface area contributed by atoms with Crippen LogP contribution in [0.5, 0.6) is 5.88 Å². The third kappa shape index (κ3) is 4.30. The minimum Gasteiger partial charge on any atom is -0.480 e. The second-order valence-corrected chi connectivity index (χ2v) is 5.84. The van der Waals surface area contributed by atoms with Crippen LogP contribution in [0.2, 0.25) is 0 Å². The number of likely N-dealkylation sites (N-methyl/N-ethyl adjacent to an activating group) is 1. The van der Waals surface area contributed by atoms with E-state index in [-0.39, 0.29) is 11.9 Å². The largest absolute Gasteiger partial charge is 0.480 e. The summed E-state index contributed by atoms with van der Waals surface area (Å²) in [6.07, 6.45) is 1.61. The van der Waals surface area contributed by atoms with Crippen LogP contribution in [-0.4, -0.2) is 42.5 Å². The van der Waals surface area contributed by atoms with Crippen molar-refractivity contribution in [2.24, 2.45) is 0 Å². The molecule has 0 fully saturated rings. The van der Waals surface area contributed by atoms with Gasteiger partial charge in [0.05, 0.1) is 13.2 Å². The van der Waals surface area contributed by atoms with Crippen LogP contribution in [0.1, 0.15) is 35.8 Å². The van der Waals surface area contributed by atoms with Gasteiger partial charge in [-0.3, -0.25) is 9.69 Å². The van der Waals surface area contributed by atoms with Crippen LogP contribution in [-0.2, 0) is 0 Å². The number of rotatable bonds is 8. The Labute approximate surface area is 141 Å². The number of carbonyl (C=O) groups is 1. The van der Waals surface area contributed by atoms with Crippen molar-refractivity contribution in [2.75, 3.05) is 26.7 Å². The third-order valence-corrected chi connectivity index (χ3v) is 4.55. The van der Waals surface area contributed by atoms with Gasteiger partial charge in [-0.1, -0.05) is 13.8 Å². The van der Waals surface area contributed by atoms with Crippen molar-refractivity contribution in [1.29, 1.82) is 0 Å². The van der Waals surface area contributed by atoms with E-state index in [1.165, 1.54) is 12.7 Å². The van der Waals surface area contributed by atoms with Gasteiger partial charge in [0.1, 0.15) is 5.56 Å². The standard InChI is InChI=1S/C17H23N3O2S/c1-4-20(5-2)15(13-8-10-23-12-13)11-19-16(21)14-7-6-9-18-17(14)22-3/h6-10,12,15H,4-5,11H2,1-3H3,(H,19,21). The zero-order chi connectivity index (χ0) is 16.7. The highest BCUT2D eigenvalue weighted by Crippen LogP contribution is 2.22. The fraction of sp³-hybridized carbons (Fsp3) is 0.412. The number of ether oxygens (including phenoxy) is 1. The molecule has 0 spiro atoms. The highest BCUT2D eigenvalue weighted by Gasteiger charge is 2.20. The molecule has 0 radical (unpaired) electrons. The van der Waals surface area contributed by atoms with Gasteiger partial charge in [0.25, 0.3) is 5.91 Å². The molecule has 2 heterocycles. The number of methoxy groups -OCH3 is 1. The van der Waals surface area contributed by atoms with E-state index < -0.39 is 0 Å². The maximum absolute atomic E-state index is 12.5. The first kappa shape index (κ1) is 17.4. The third-order valence-electron chi connectivity index (χ3n) is 3.85. The fourth-order valence-electron chi connectivity index (χ4n) is 2.60. The quantitative estimate of drug-likeness (QED) is 0.807. The minimum atomic E-state index is -0.165. The van der Waals surface area contributed by atoms with E-state index in [1.54, 1.807) is 29.7 Å². The Morgan fingerprint density at radius 2 is 2.17 bits per heavy atom. The smallest absolute Gasteiger partial charge is 0.256 e. The molecule has 0 saturated carbocycles. The van der Waals surface area contributed by atoms with E-state index >= 15 is 0 Å². The number of aromatic nitrogens is 1. The lowest BCUT2D eigenvalue weighted by atomic mass is 10.1. The van der Waals surface area contributed by atoms with Gasteiger partial charge in [0, 0.05) is 12.7 Å². The number of hydrogen-bond donors (Lipinski definition) is 1.